The molecule has 3 aromatic rings. The number of para-hydroxylation sites is 1. The van der Waals surface area contributed by atoms with Gasteiger partial charge in [-0.1, -0.05) is 30.3 Å². The van der Waals surface area contributed by atoms with E-state index in [1.807, 2.05) is 36.4 Å². The summed E-state index contributed by atoms with van der Waals surface area (Å²) in [5, 5.41) is 1.04. The molecule has 0 radical (unpaired) electrons. The van der Waals surface area contributed by atoms with E-state index in [2.05, 4.69) is 10.4 Å². The number of hydrogen-bond donors (Lipinski definition) is 2. The third kappa shape index (κ3) is 2.99. The Bertz CT molecular complexity index is 776. The molecule has 0 saturated heterocycles. The highest BCUT2D eigenvalue weighted by atomic mass is 32.2. The van der Waals surface area contributed by atoms with Crippen LogP contribution in [-0.4, -0.2) is 4.98 Å². The molecule has 0 amide bonds. The number of pyridine rings is 1. The van der Waals surface area contributed by atoms with Crippen molar-refractivity contribution in [2.24, 2.45) is 5.84 Å². The summed E-state index contributed by atoms with van der Waals surface area (Å²) in [6, 6.07) is 16.6. The van der Waals surface area contributed by atoms with Gasteiger partial charge in [0, 0.05) is 21.6 Å². The molecule has 0 aliphatic heterocycles. The molecular formula is C16H14FN3S. The summed E-state index contributed by atoms with van der Waals surface area (Å²) in [6.45, 7) is 0. The molecule has 21 heavy (non-hydrogen) atoms. The summed E-state index contributed by atoms with van der Waals surface area (Å²) >= 11 is 1.43. The molecule has 0 aliphatic carbocycles. The Balaban J connectivity index is 1.91. The monoisotopic (exact) mass is 299 g/mol. The fraction of sp³-hybridized carbons (Fsp3) is 0.0625. The van der Waals surface area contributed by atoms with Crippen LogP contribution in [0.25, 0.3) is 10.9 Å². The van der Waals surface area contributed by atoms with Gasteiger partial charge >= 0.3 is 0 Å². The SMILES string of the molecule is NNc1nc2ccccc2cc1CSc1ccccc1F. The quantitative estimate of drug-likeness (QED) is 0.435. The highest BCUT2D eigenvalue weighted by Crippen LogP contribution is 2.29. The zero-order valence-electron chi connectivity index (χ0n) is 11.2. The highest BCUT2D eigenvalue weighted by molar-refractivity contribution is 7.98. The number of benzene rings is 2. The van der Waals surface area contributed by atoms with Gasteiger partial charge in [-0.25, -0.2) is 15.2 Å². The lowest BCUT2D eigenvalue weighted by Gasteiger charge is -2.10. The normalized spacial score (nSPS) is 10.8. The lowest BCUT2D eigenvalue weighted by molar-refractivity contribution is 0.602. The maximum absolute atomic E-state index is 13.7. The number of anilines is 1. The Morgan fingerprint density at radius 1 is 1.10 bits per heavy atom. The van der Waals surface area contributed by atoms with Gasteiger partial charge in [0.05, 0.1) is 5.52 Å². The van der Waals surface area contributed by atoms with E-state index in [0.29, 0.717) is 16.5 Å². The van der Waals surface area contributed by atoms with Gasteiger partial charge in [0.2, 0.25) is 0 Å². The Morgan fingerprint density at radius 2 is 1.86 bits per heavy atom. The first-order chi connectivity index (χ1) is 10.3. The van der Waals surface area contributed by atoms with E-state index < -0.39 is 0 Å². The van der Waals surface area contributed by atoms with Crippen molar-refractivity contribution in [3.05, 3.63) is 66.0 Å². The number of fused-ring (bicyclic) bond motifs is 1. The topological polar surface area (TPSA) is 50.9 Å². The number of nitrogens with one attached hydrogen (secondary N) is 1. The van der Waals surface area contributed by atoms with Crippen LogP contribution in [0.3, 0.4) is 0 Å². The number of rotatable bonds is 4. The maximum atomic E-state index is 13.7. The molecule has 0 unspecified atom stereocenters. The van der Waals surface area contributed by atoms with Crippen molar-refractivity contribution in [1.82, 2.24) is 4.98 Å². The summed E-state index contributed by atoms with van der Waals surface area (Å²) in [6.07, 6.45) is 0. The molecule has 106 valence electrons. The molecule has 0 aliphatic rings. The largest absolute Gasteiger partial charge is 0.308 e. The second-order valence-electron chi connectivity index (χ2n) is 4.55. The second kappa shape index (κ2) is 6.11. The van der Waals surface area contributed by atoms with Crippen LogP contribution in [0.2, 0.25) is 0 Å². The molecule has 5 heteroatoms. The lowest BCUT2D eigenvalue weighted by atomic mass is 10.1. The van der Waals surface area contributed by atoms with E-state index in [1.54, 1.807) is 12.1 Å². The van der Waals surface area contributed by atoms with Gasteiger partial charge in [-0.2, -0.15) is 0 Å². The predicted octanol–water partition coefficient (Wildman–Crippen LogP) is 3.95. The van der Waals surface area contributed by atoms with Crippen LogP contribution in [0.4, 0.5) is 10.2 Å². The van der Waals surface area contributed by atoms with Crippen LogP contribution >= 0.6 is 11.8 Å². The molecule has 3 rings (SSSR count). The number of hydrazine groups is 1. The lowest BCUT2D eigenvalue weighted by Crippen LogP contribution is -2.11. The Morgan fingerprint density at radius 3 is 2.67 bits per heavy atom. The van der Waals surface area contributed by atoms with E-state index in [4.69, 9.17) is 5.84 Å². The van der Waals surface area contributed by atoms with Gasteiger partial charge in [-0.05, 0) is 24.3 Å². The first-order valence-electron chi connectivity index (χ1n) is 6.50. The smallest absolute Gasteiger partial charge is 0.144 e. The number of hydrogen-bond acceptors (Lipinski definition) is 4. The molecule has 1 heterocycles. The minimum absolute atomic E-state index is 0.210. The number of halogens is 1. The zero-order chi connectivity index (χ0) is 14.7. The molecule has 0 saturated carbocycles. The van der Waals surface area contributed by atoms with Crippen molar-refractivity contribution in [3.63, 3.8) is 0 Å². The minimum Gasteiger partial charge on any atom is -0.308 e. The molecule has 2 aromatic carbocycles. The van der Waals surface area contributed by atoms with E-state index in [0.717, 1.165) is 16.5 Å². The van der Waals surface area contributed by atoms with Gasteiger partial charge in [-0.15, -0.1) is 11.8 Å². The van der Waals surface area contributed by atoms with Gasteiger partial charge in [0.15, 0.2) is 0 Å². The number of aromatic nitrogens is 1. The number of thioether (sulfide) groups is 1. The summed E-state index contributed by atoms with van der Waals surface area (Å²) in [7, 11) is 0. The second-order valence-corrected chi connectivity index (χ2v) is 5.57. The van der Waals surface area contributed by atoms with Crippen LogP contribution in [0.15, 0.2) is 59.5 Å². The van der Waals surface area contributed by atoms with Crippen LogP contribution in [0.1, 0.15) is 5.56 Å². The van der Waals surface area contributed by atoms with Gasteiger partial charge < -0.3 is 5.43 Å². The molecular weight excluding hydrogens is 285 g/mol. The summed E-state index contributed by atoms with van der Waals surface area (Å²) in [4.78, 5) is 5.10. The Kier molecular flexibility index (Phi) is 4.03. The minimum atomic E-state index is -0.210. The fourth-order valence-electron chi connectivity index (χ4n) is 2.11. The molecule has 0 spiro atoms. The number of nitrogen functional groups attached to an aromatic ring is 1. The first kappa shape index (κ1) is 13.9. The van der Waals surface area contributed by atoms with Crippen molar-refractivity contribution < 1.29 is 4.39 Å². The molecule has 0 atom stereocenters. The summed E-state index contributed by atoms with van der Waals surface area (Å²) < 4.78 is 13.7. The predicted molar refractivity (Wildman–Crippen MR) is 85.5 cm³/mol. The van der Waals surface area contributed by atoms with E-state index in [1.165, 1.54) is 17.8 Å². The van der Waals surface area contributed by atoms with Crippen molar-refractivity contribution in [2.75, 3.05) is 5.43 Å². The van der Waals surface area contributed by atoms with Crippen LogP contribution < -0.4 is 11.3 Å². The third-order valence-corrected chi connectivity index (χ3v) is 4.26. The third-order valence-electron chi connectivity index (χ3n) is 3.16. The molecule has 0 fully saturated rings. The number of nitrogens with zero attached hydrogens (tertiary/aromatic N) is 1. The Hall–Kier alpha value is -2.11. The highest BCUT2D eigenvalue weighted by Gasteiger charge is 2.08. The number of nitrogens with two attached hydrogens (primary N) is 1. The Labute approximate surface area is 126 Å². The standard InChI is InChI=1S/C16H14FN3S/c17-13-6-2-4-8-15(13)21-10-12-9-11-5-1-3-7-14(11)19-16(12)20-18/h1-9H,10,18H2,(H,19,20). The first-order valence-corrected chi connectivity index (χ1v) is 7.49. The van der Waals surface area contributed by atoms with E-state index in [9.17, 15) is 4.39 Å². The average molecular weight is 299 g/mol. The van der Waals surface area contributed by atoms with Gasteiger partial charge in [0.25, 0.3) is 0 Å². The van der Waals surface area contributed by atoms with E-state index >= 15 is 0 Å². The molecule has 1 aromatic heterocycles. The molecule has 3 N–H and O–H groups in total. The molecule has 3 nitrogen and oxygen atoms in total. The van der Waals surface area contributed by atoms with Crippen molar-refractivity contribution in [2.45, 2.75) is 10.6 Å². The van der Waals surface area contributed by atoms with Crippen LogP contribution in [0.5, 0.6) is 0 Å². The average Bonchev–Trinajstić information content (AvgIpc) is 2.53. The van der Waals surface area contributed by atoms with Crippen molar-refractivity contribution >= 4 is 28.5 Å². The van der Waals surface area contributed by atoms with Crippen molar-refractivity contribution in [1.29, 1.82) is 0 Å². The summed E-state index contributed by atoms with van der Waals surface area (Å²) in [5.41, 5.74) is 4.45. The van der Waals surface area contributed by atoms with E-state index in [-0.39, 0.29) is 5.82 Å². The van der Waals surface area contributed by atoms with Crippen LogP contribution in [0, 0.1) is 5.82 Å². The zero-order valence-corrected chi connectivity index (χ0v) is 12.0. The van der Waals surface area contributed by atoms with Gasteiger partial charge in [0.1, 0.15) is 11.6 Å². The van der Waals surface area contributed by atoms with Gasteiger partial charge in [-0.3, -0.25) is 0 Å². The van der Waals surface area contributed by atoms with Crippen LogP contribution in [-0.2, 0) is 5.75 Å². The molecule has 0 bridgehead atoms. The maximum Gasteiger partial charge on any atom is 0.144 e. The van der Waals surface area contributed by atoms with Crippen molar-refractivity contribution in [3.8, 4) is 0 Å². The fourth-order valence-corrected chi connectivity index (χ4v) is 3.02. The summed E-state index contributed by atoms with van der Waals surface area (Å²) in [5.74, 6) is 6.55.